The van der Waals surface area contributed by atoms with Gasteiger partial charge in [0.05, 0.1) is 6.10 Å². The zero-order valence-electron chi connectivity index (χ0n) is 10.9. The van der Waals surface area contributed by atoms with Crippen molar-refractivity contribution < 1.29 is 19.4 Å². The van der Waals surface area contributed by atoms with Crippen LogP contribution in [0.25, 0.3) is 0 Å². The van der Waals surface area contributed by atoms with Crippen LogP contribution in [-0.4, -0.2) is 36.6 Å². The minimum absolute atomic E-state index is 0.0772. The summed E-state index contributed by atoms with van der Waals surface area (Å²) in [5, 5.41) is 9.29. The van der Waals surface area contributed by atoms with Crippen molar-refractivity contribution in [3.05, 3.63) is 23.8 Å². The van der Waals surface area contributed by atoms with Crippen LogP contribution in [0.1, 0.15) is 29.6 Å². The molecule has 0 saturated carbocycles. The molecular formula is C14H18O4S. The van der Waals surface area contributed by atoms with Crippen molar-refractivity contribution in [2.45, 2.75) is 30.3 Å². The molecule has 2 rings (SSSR count). The molecule has 1 heterocycles. The molecule has 104 valence electrons. The van der Waals surface area contributed by atoms with Crippen LogP contribution in [0, 0.1) is 0 Å². The molecular weight excluding hydrogens is 264 g/mol. The molecule has 0 radical (unpaired) electrons. The SMILES string of the molecule is CSc1cccc(OCC2CCCCO2)c1C(=O)O. The molecule has 5 heteroatoms. The molecule has 0 bridgehead atoms. The van der Waals surface area contributed by atoms with Crippen molar-refractivity contribution in [2.75, 3.05) is 19.5 Å². The molecule has 19 heavy (non-hydrogen) atoms. The van der Waals surface area contributed by atoms with Gasteiger partial charge in [-0.1, -0.05) is 6.07 Å². The van der Waals surface area contributed by atoms with E-state index in [1.165, 1.54) is 11.8 Å². The van der Waals surface area contributed by atoms with E-state index in [2.05, 4.69) is 0 Å². The first-order valence-corrected chi connectivity index (χ1v) is 7.59. The van der Waals surface area contributed by atoms with E-state index in [9.17, 15) is 9.90 Å². The van der Waals surface area contributed by atoms with Crippen LogP contribution in [-0.2, 0) is 4.74 Å². The Bertz CT molecular complexity index is 441. The lowest BCUT2D eigenvalue weighted by Gasteiger charge is -2.23. The van der Waals surface area contributed by atoms with E-state index >= 15 is 0 Å². The largest absolute Gasteiger partial charge is 0.490 e. The molecule has 1 atom stereocenters. The van der Waals surface area contributed by atoms with Gasteiger partial charge in [-0.3, -0.25) is 0 Å². The number of benzene rings is 1. The molecule has 1 saturated heterocycles. The Morgan fingerprint density at radius 2 is 2.37 bits per heavy atom. The van der Waals surface area contributed by atoms with Gasteiger partial charge in [-0.25, -0.2) is 4.79 Å². The topological polar surface area (TPSA) is 55.8 Å². The van der Waals surface area contributed by atoms with Crippen LogP contribution >= 0.6 is 11.8 Å². The summed E-state index contributed by atoms with van der Waals surface area (Å²) in [6, 6.07) is 5.30. The number of thioether (sulfide) groups is 1. The highest BCUT2D eigenvalue weighted by Crippen LogP contribution is 2.29. The number of hydrogen-bond donors (Lipinski definition) is 1. The zero-order valence-corrected chi connectivity index (χ0v) is 11.7. The summed E-state index contributed by atoms with van der Waals surface area (Å²) in [5.74, 6) is -0.530. The fraction of sp³-hybridized carbons (Fsp3) is 0.500. The van der Waals surface area contributed by atoms with E-state index in [0.29, 0.717) is 12.4 Å². The van der Waals surface area contributed by atoms with Gasteiger partial charge in [0.15, 0.2) is 0 Å². The molecule has 1 unspecified atom stereocenters. The quantitative estimate of drug-likeness (QED) is 0.841. The van der Waals surface area contributed by atoms with Crippen molar-refractivity contribution in [3.63, 3.8) is 0 Å². The first kappa shape index (κ1) is 14.2. The van der Waals surface area contributed by atoms with Gasteiger partial charge < -0.3 is 14.6 Å². The van der Waals surface area contributed by atoms with Crippen LogP contribution in [0.4, 0.5) is 0 Å². The lowest BCUT2D eigenvalue weighted by Crippen LogP contribution is -2.26. The first-order chi connectivity index (χ1) is 9.22. The molecule has 0 spiro atoms. The van der Waals surface area contributed by atoms with Crippen molar-refractivity contribution in [1.82, 2.24) is 0 Å². The highest BCUT2D eigenvalue weighted by atomic mass is 32.2. The van der Waals surface area contributed by atoms with E-state index in [0.717, 1.165) is 30.8 Å². The summed E-state index contributed by atoms with van der Waals surface area (Å²) in [6.45, 7) is 1.18. The van der Waals surface area contributed by atoms with Crippen LogP contribution in [0.2, 0.25) is 0 Å². The Morgan fingerprint density at radius 1 is 1.53 bits per heavy atom. The second-order valence-corrected chi connectivity index (χ2v) is 5.29. The molecule has 0 aromatic heterocycles. The number of ether oxygens (including phenoxy) is 2. The van der Waals surface area contributed by atoms with Gasteiger partial charge in [-0.15, -0.1) is 11.8 Å². The Kier molecular flexibility index (Phi) is 5.10. The number of rotatable bonds is 5. The molecule has 0 aliphatic carbocycles. The van der Waals surface area contributed by atoms with E-state index in [1.807, 2.05) is 12.3 Å². The third-order valence-corrected chi connectivity index (χ3v) is 3.90. The van der Waals surface area contributed by atoms with Gasteiger partial charge in [0, 0.05) is 11.5 Å². The second-order valence-electron chi connectivity index (χ2n) is 4.44. The third-order valence-electron chi connectivity index (χ3n) is 3.12. The van der Waals surface area contributed by atoms with E-state index < -0.39 is 5.97 Å². The average molecular weight is 282 g/mol. The molecule has 1 N–H and O–H groups in total. The number of hydrogen-bond acceptors (Lipinski definition) is 4. The Labute approximate surface area is 117 Å². The molecule has 1 fully saturated rings. The Morgan fingerprint density at radius 3 is 3.00 bits per heavy atom. The minimum atomic E-state index is -0.954. The molecule has 4 nitrogen and oxygen atoms in total. The zero-order chi connectivity index (χ0) is 13.7. The van der Waals surface area contributed by atoms with Gasteiger partial charge in [0.2, 0.25) is 0 Å². The van der Waals surface area contributed by atoms with Crippen LogP contribution in [0.5, 0.6) is 5.75 Å². The monoisotopic (exact) mass is 282 g/mol. The molecule has 1 aromatic carbocycles. The molecule has 1 aromatic rings. The lowest BCUT2D eigenvalue weighted by atomic mass is 10.1. The average Bonchev–Trinajstić information content (AvgIpc) is 2.45. The predicted octanol–water partition coefficient (Wildman–Crippen LogP) is 3.05. The first-order valence-electron chi connectivity index (χ1n) is 6.37. The summed E-state index contributed by atoms with van der Waals surface area (Å²) in [4.78, 5) is 12.0. The fourth-order valence-corrected chi connectivity index (χ4v) is 2.74. The fourth-order valence-electron chi connectivity index (χ4n) is 2.13. The minimum Gasteiger partial charge on any atom is -0.490 e. The number of carbonyl (C=O) groups is 1. The van der Waals surface area contributed by atoms with Gasteiger partial charge in [0.25, 0.3) is 0 Å². The third kappa shape index (κ3) is 3.64. The van der Waals surface area contributed by atoms with Crippen LogP contribution in [0.15, 0.2) is 23.1 Å². The Balaban J connectivity index is 2.08. The summed E-state index contributed by atoms with van der Waals surface area (Å²) in [6.07, 6.45) is 5.15. The van der Waals surface area contributed by atoms with Crippen molar-refractivity contribution in [1.29, 1.82) is 0 Å². The van der Waals surface area contributed by atoms with Gasteiger partial charge in [-0.05, 0) is 37.7 Å². The van der Waals surface area contributed by atoms with E-state index in [1.54, 1.807) is 12.1 Å². The molecule has 1 aliphatic rings. The lowest BCUT2D eigenvalue weighted by molar-refractivity contribution is -0.0113. The summed E-state index contributed by atoms with van der Waals surface area (Å²) >= 11 is 1.41. The van der Waals surface area contributed by atoms with Gasteiger partial charge in [0.1, 0.15) is 17.9 Å². The van der Waals surface area contributed by atoms with Crippen LogP contribution in [0.3, 0.4) is 0 Å². The summed E-state index contributed by atoms with van der Waals surface area (Å²) < 4.78 is 11.2. The number of carboxylic acid groups (broad SMARTS) is 1. The maximum atomic E-state index is 11.3. The van der Waals surface area contributed by atoms with Crippen LogP contribution < -0.4 is 4.74 Å². The molecule has 1 aliphatic heterocycles. The van der Waals surface area contributed by atoms with Crippen molar-refractivity contribution >= 4 is 17.7 Å². The maximum Gasteiger partial charge on any atom is 0.340 e. The van der Waals surface area contributed by atoms with E-state index in [-0.39, 0.29) is 11.7 Å². The second kappa shape index (κ2) is 6.82. The van der Waals surface area contributed by atoms with Crippen molar-refractivity contribution in [2.24, 2.45) is 0 Å². The smallest absolute Gasteiger partial charge is 0.340 e. The maximum absolute atomic E-state index is 11.3. The van der Waals surface area contributed by atoms with Crippen molar-refractivity contribution in [3.8, 4) is 5.75 Å². The predicted molar refractivity (Wildman–Crippen MR) is 74.3 cm³/mol. The summed E-state index contributed by atoms with van der Waals surface area (Å²) in [7, 11) is 0. The van der Waals surface area contributed by atoms with E-state index in [4.69, 9.17) is 9.47 Å². The van der Waals surface area contributed by atoms with Gasteiger partial charge in [-0.2, -0.15) is 0 Å². The normalized spacial score (nSPS) is 19.1. The molecule has 0 amide bonds. The Hall–Kier alpha value is -1.20. The van der Waals surface area contributed by atoms with Gasteiger partial charge >= 0.3 is 5.97 Å². The summed E-state index contributed by atoms with van der Waals surface area (Å²) in [5.41, 5.74) is 0.241. The number of aromatic carboxylic acids is 1. The highest BCUT2D eigenvalue weighted by molar-refractivity contribution is 7.98. The highest BCUT2D eigenvalue weighted by Gasteiger charge is 2.19. The standard InChI is InChI=1S/C14H18O4S/c1-19-12-7-4-6-11(13(12)14(15)16)18-9-10-5-2-3-8-17-10/h4,6-7,10H,2-3,5,8-9H2,1H3,(H,15,16). The number of carboxylic acids is 1.